The number of aromatic amines is 1. The maximum atomic E-state index is 12.4. The fourth-order valence-electron chi connectivity index (χ4n) is 2.62. The van der Waals surface area contributed by atoms with Crippen molar-refractivity contribution in [3.8, 4) is 11.8 Å². The Balaban J connectivity index is 2.18. The average Bonchev–Trinajstić information content (AvgIpc) is 3.06. The summed E-state index contributed by atoms with van der Waals surface area (Å²) in [4.78, 5) is 21.9. The van der Waals surface area contributed by atoms with E-state index in [1.165, 1.54) is 0 Å². The van der Waals surface area contributed by atoms with Crippen LogP contribution in [0.2, 0.25) is 0 Å². The Morgan fingerprint density at radius 2 is 2.33 bits per heavy atom. The number of nitrogens with zero attached hydrogens (tertiary/aromatic N) is 3. The zero-order valence-corrected chi connectivity index (χ0v) is 12.2. The van der Waals surface area contributed by atoms with Gasteiger partial charge in [-0.15, -0.1) is 0 Å². The summed E-state index contributed by atoms with van der Waals surface area (Å²) >= 11 is 0. The topological polar surface area (TPSA) is 160 Å². The predicted octanol–water partition coefficient (Wildman–Crippen LogP) is -2.34. The molecular formula is C13H14FN5O5. The van der Waals surface area contributed by atoms with Crippen molar-refractivity contribution in [1.29, 1.82) is 0 Å². The number of aliphatic hydroxyl groups is 3. The van der Waals surface area contributed by atoms with Crippen LogP contribution >= 0.6 is 0 Å². The minimum Gasteiger partial charge on any atom is -0.394 e. The van der Waals surface area contributed by atoms with Gasteiger partial charge in [-0.05, 0) is 0 Å². The van der Waals surface area contributed by atoms with Crippen LogP contribution in [-0.4, -0.2) is 65.9 Å². The number of rotatable bonds is 2. The average molecular weight is 339 g/mol. The van der Waals surface area contributed by atoms with Gasteiger partial charge in [-0.2, -0.15) is 4.98 Å². The van der Waals surface area contributed by atoms with Crippen LogP contribution in [0.25, 0.3) is 11.2 Å². The Hall–Kier alpha value is -2.52. The second-order valence-corrected chi connectivity index (χ2v) is 5.19. The fourth-order valence-corrected chi connectivity index (χ4v) is 2.62. The number of nitrogens with two attached hydrogens (primary N) is 1. The van der Waals surface area contributed by atoms with Gasteiger partial charge in [-0.25, -0.2) is 9.37 Å². The van der Waals surface area contributed by atoms with Gasteiger partial charge in [0.25, 0.3) is 5.56 Å². The van der Waals surface area contributed by atoms with E-state index in [4.69, 9.17) is 10.5 Å². The largest absolute Gasteiger partial charge is 0.394 e. The first-order valence-corrected chi connectivity index (χ1v) is 6.87. The molecule has 0 spiro atoms. The first kappa shape index (κ1) is 16.3. The lowest BCUT2D eigenvalue weighted by Gasteiger charge is -2.26. The van der Waals surface area contributed by atoms with Crippen molar-refractivity contribution < 1.29 is 24.4 Å². The van der Waals surface area contributed by atoms with Gasteiger partial charge in [0.1, 0.15) is 18.9 Å². The number of aromatic nitrogens is 4. The number of fused-ring (bicyclic) bond motifs is 1. The van der Waals surface area contributed by atoms with Crippen molar-refractivity contribution in [1.82, 2.24) is 19.5 Å². The lowest BCUT2D eigenvalue weighted by Crippen LogP contribution is -2.46. The van der Waals surface area contributed by atoms with E-state index in [-0.39, 0.29) is 17.1 Å². The van der Waals surface area contributed by atoms with Crippen LogP contribution in [-0.2, 0) is 4.74 Å². The van der Waals surface area contributed by atoms with Crippen LogP contribution < -0.4 is 11.3 Å². The van der Waals surface area contributed by atoms with Gasteiger partial charge in [0.05, 0.1) is 12.9 Å². The molecule has 0 aliphatic carbocycles. The number of nitrogen functional groups attached to an aromatic ring is 1. The van der Waals surface area contributed by atoms with Crippen molar-refractivity contribution in [2.45, 2.75) is 24.0 Å². The van der Waals surface area contributed by atoms with E-state index >= 15 is 0 Å². The number of aliphatic hydroxyl groups excluding tert-OH is 2. The second-order valence-electron chi connectivity index (χ2n) is 5.19. The van der Waals surface area contributed by atoms with Gasteiger partial charge in [-0.1, -0.05) is 11.8 Å². The molecule has 0 radical (unpaired) electrons. The summed E-state index contributed by atoms with van der Waals surface area (Å²) in [5, 5.41) is 30.2. The molecule has 1 unspecified atom stereocenters. The van der Waals surface area contributed by atoms with Crippen LogP contribution in [0.15, 0.2) is 11.1 Å². The Morgan fingerprint density at radius 3 is 3.00 bits per heavy atom. The molecule has 2 aromatic rings. The molecule has 0 aromatic carbocycles. The molecule has 6 N–H and O–H groups in total. The molecule has 4 atom stereocenters. The summed E-state index contributed by atoms with van der Waals surface area (Å²) in [6, 6.07) is 0. The zero-order valence-electron chi connectivity index (χ0n) is 12.2. The van der Waals surface area contributed by atoms with Gasteiger partial charge < -0.3 is 25.8 Å². The normalized spacial score (nSPS) is 29.6. The van der Waals surface area contributed by atoms with Crippen LogP contribution in [0.4, 0.5) is 10.3 Å². The van der Waals surface area contributed by atoms with E-state index in [0.717, 1.165) is 10.9 Å². The predicted molar refractivity (Wildman–Crippen MR) is 78.3 cm³/mol. The highest BCUT2D eigenvalue weighted by atomic mass is 19.1. The molecule has 1 aliphatic rings. The molecule has 2 aromatic heterocycles. The molecule has 3 heterocycles. The Bertz CT molecular complexity index is 886. The number of halogens is 1. The molecule has 1 aliphatic heterocycles. The molecule has 128 valence electrons. The number of ether oxygens (including phenoxy) is 1. The highest BCUT2D eigenvalue weighted by Gasteiger charge is 2.56. The van der Waals surface area contributed by atoms with E-state index in [9.17, 15) is 24.5 Å². The maximum absolute atomic E-state index is 12.4. The van der Waals surface area contributed by atoms with Crippen LogP contribution in [0.3, 0.4) is 0 Å². The molecular weight excluding hydrogens is 325 g/mol. The van der Waals surface area contributed by atoms with Crippen molar-refractivity contribution >= 4 is 17.1 Å². The highest BCUT2D eigenvalue weighted by molar-refractivity contribution is 5.70. The summed E-state index contributed by atoms with van der Waals surface area (Å²) in [6.45, 7) is -1.67. The van der Waals surface area contributed by atoms with E-state index < -0.39 is 42.9 Å². The molecule has 3 rings (SSSR count). The lowest BCUT2D eigenvalue weighted by molar-refractivity contribution is -0.0722. The van der Waals surface area contributed by atoms with Gasteiger partial charge >= 0.3 is 0 Å². The standard InChI is InChI=1S/C13H14FN5O5/c14-3-1-2-13(23)8(21)6(4-20)24-11(13)19-5-16-7-9(19)17-12(15)18-10(7)22/h5-6,8,11,20-21,23H,3-4H2,(H3,15,17,18,22)/t6-,8+,11-,13?/m1/s1. The van der Waals surface area contributed by atoms with Crippen LogP contribution in [0.5, 0.6) is 0 Å². The number of anilines is 1. The number of imidazole rings is 1. The van der Waals surface area contributed by atoms with Crippen molar-refractivity contribution in [2.24, 2.45) is 0 Å². The highest BCUT2D eigenvalue weighted by Crippen LogP contribution is 2.39. The third-order valence-corrected chi connectivity index (χ3v) is 3.72. The summed E-state index contributed by atoms with van der Waals surface area (Å²) in [7, 11) is 0. The van der Waals surface area contributed by atoms with E-state index in [1.807, 2.05) is 5.92 Å². The van der Waals surface area contributed by atoms with E-state index in [1.54, 1.807) is 0 Å². The van der Waals surface area contributed by atoms with Crippen LogP contribution in [0.1, 0.15) is 6.23 Å². The minimum absolute atomic E-state index is 0.0208. The summed E-state index contributed by atoms with van der Waals surface area (Å²) < 4.78 is 19.0. The Kier molecular flexibility index (Phi) is 3.98. The maximum Gasteiger partial charge on any atom is 0.280 e. The first-order valence-electron chi connectivity index (χ1n) is 6.87. The van der Waals surface area contributed by atoms with Crippen molar-refractivity contribution in [2.75, 3.05) is 19.0 Å². The molecule has 24 heavy (non-hydrogen) atoms. The lowest BCUT2D eigenvalue weighted by atomic mass is 9.94. The number of hydrogen-bond acceptors (Lipinski definition) is 8. The Morgan fingerprint density at radius 1 is 1.58 bits per heavy atom. The monoisotopic (exact) mass is 339 g/mol. The summed E-state index contributed by atoms with van der Waals surface area (Å²) in [5.74, 6) is 4.05. The Labute approximate surface area is 133 Å². The fraction of sp³-hybridized carbons (Fsp3) is 0.462. The third-order valence-electron chi connectivity index (χ3n) is 3.72. The number of hydrogen-bond donors (Lipinski definition) is 5. The van der Waals surface area contributed by atoms with E-state index in [0.29, 0.717) is 0 Å². The second kappa shape index (κ2) is 5.84. The molecule has 10 nitrogen and oxygen atoms in total. The number of nitrogens with one attached hydrogen (secondary N) is 1. The molecule has 1 fully saturated rings. The number of alkyl halides is 1. The first-order chi connectivity index (χ1) is 11.4. The summed E-state index contributed by atoms with van der Waals surface area (Å²) in [6.07, 6.45) is -3.04. The van der Waals surface area contributed by atoms with Gasteiger partial charge in [0.15, 0.2) is 23.0 Å². The smallest absolute Gasteiger partial charge is 0.280 e. The van der Waals surface area contributed by atoms with Crippen LogP contribution in [0, 0.1) is 11.8 Å². The molecule has 11 heteroatoms. The van der Waals surface area contributed by atoms with Gasteiger partial charge in [0.2, 0.25) is 5.95 Å². The number of H-pyrrole nitrogens is 1. The third kappa shape index (κ3) is 2.33. The zero-order chi connectivity index (χ0) is 17.5. The van der Waals surface area contributed by atoms with Crippen molar-refractivity contribution in [3.05, 3.63) is 16.7 Å². The molecule has 1 saturated heterocycles. The molecule has 0 amide bonds. The van der Waals surface area contributed by atoms with Gasteiger partial charge in [-0.3, -0.25) is 14.3 Å². The van der Waals surface area contributed by atoms with Crippen molar-refractivity contribution in [3.63, 3.8) is 0 Å². The molecule has 0 saturated carbocycles. The van der Waals surface area contributed by atoms with Gasteiger partial charge in [0, 0.05) is 0 Å². The summed E-state index contributed by atoms with van der Waals surface area (Å²) in [5.41, 5.74) is 2.56. The molecule has 0 bridgehead atoms. The minimum atomic E-state index is -2.24. The quantitative estimate of drug-likeness (QED) is 0.380. The SMILES string of the molecule is Nc1nc2c(ncn2[C@@H]2O[C@H](CO)[C@H](O)C2(O)C#CCF)c(=O)[nH]1. The van der Waals surface area contributed by atoms with E-state index in [2.05, 4.69) is 20.9 Å².